The van der Waals surface area contributed by atoms with Gasteiger partial charge in [-0.1, -0.05) is 0 Å². The molecular weight excluding hydrogens is 290 g/mol. The zero-order valence-corrected chi connectivity index (χ0v) is 15.6. The Kier molecular flexibility index (Phi) is 6.32. The lowest BCUT2D eigenvalue weighted by Crippen LogP contribution is -2.48. The number of carbonyl (C=O) groups excluding carboxylic acids is 1. The van der Waals surface area contributed by atoms with Gasteiger partial charge in [0.25, 0.3) is 0 Å². The molecule has 2 atom stereocenters. The maximum atomic E-state index is 12.1. The first kappa shape index (κ1) is 18.5. The highest BCUT2D eigenvalue weighted by molar-refractivity contribution is 5.68. The first-order valence-electron chi connectivity index (χ1n) is 9.16. The molecule has 0 radical (unpaired) electrons. The number of amides is 1. The van der Waals surface area contributed by atoms with E-state index in [-0.39, 0.29) is 6.09 Å². The third-order valence-corrected chi connectivity index (χ3v) is 5.17. The van der Waals surface area contributed by atoms with Crippen LogP contribution in [0.3, 0.4) is 0 Å². The van der Waals surface area contributed by atoms with Crippen molar-refractivity contribution in [3.63, 3.8) is 0 Å². The molecule has 2 heterocycles. The molecule has 0 saturated carbocycles. The Labute approximate surface area is 141 Å². The highest BCUT2D eigenvalue weighted by Gasteiger charge is 2.28. The molecule has 23 heavy (non-hydrogen) atoms. The van der Waals surface area contributed by atoms with E-state index in [0.717, 1.165) is 32.5 Å². The number of piperidine rings is 2. The third-order valence-electron chi connectivity index (χ3n) is 5.17. The molecule has 0 aromatic heterocycles. The molecule has 2 fully saturated rings. The highest BCUT2D eigenvalue weighted by atomic mass is 16.6. The standard InChI is InChI=1S/C18H35N3O2/c1-14-12-16(8-9-20(14)5)19-13-15-6-10-21(11-7-15)17(22)23-18(2,3)4/h14-16,19H,6-13H2,1-5H3. The molecule has 0 aliphatic carbocycles. The van der Waals surface area contributed by atoms with Crippen molar-refractivity contribution in [3.05, 3.63) is 0 Å². The summed E-state index contributed by atoms with van der Waals surface area (Å²) in [5.41, 5.74) is -0.402. The maximum Gasteiger partial charge on any atom is 0.410 e. The van der Waals surface area contributed by atoms with Gasteiger partial charge in [-0.3, -0.25) is 0 Å². The molecule has 5 heteroatoms. The number of rotatable bonds is 3. The third kappa shape index (κ3) is 5.96. The molecule has 2 saturated heterocycles. The summed E-state index contributed by atoms with van der Waals surface area (Å²) in [6.07, 6.45) is 4.49. The van der Waals surface area contributed by atoms with Crippen LogP contribution in [-0.4, -0.2) is 66.8 Å². The van der Waals surface area contributed by atoms with Gasteiger partial charge < -0.3 is 19.9 Å². The van der Waals surface area contributed by atoms with E-state index in [1.54, 1.807) is 0 Å². The van der Waals surface area contributed by atoms with Gasteiger partial charge >= 0.3 is 6.09 Å². The van der Waals surface area contributed by atoms with Crippen LogP contribution in [0.25, 0.3) is 0 Å². The molecule has 1 amide bonds. The largest absolute Gasteiger partial charge is 0.444 e. The lowest BCUT2D eigenvalue weighted by molar-refractivity contribution is 0.0182. The summed E-state index contributed by atoms with van der Waals surface area (Å²) in [6, 6.07) is 1.33. The Balaban J connectivity index is 1.66. The molecule has 0 bridgehead atoms. The molecule has 2 aliphatic rings. The summed E-state index contributed by atoms with van der Waals surface area (Å²) < 4.78 is 5.46. The predicted molar refractivity (Wildman–Crippen MR) is 93.6 cm³/mol. The van der Waals surface area contributed by atoms with E-state index in [2.05, 4.69) is 24.2 Å². The molecule has 1 N–H and O–H groups in total. The minimum atomic E-state index is -0.402. The molecule has 2 aliphatic heterocycles. The van der Waals surface area contributed by atoms with E-state index < -0.39 is 5.60 Å². The van der Waals surface area contributed by atoms with Crippen LogP contribution in [0, 0.1) is 5.92 Å². The molecule has 0 aromatic rings. The second-order valence-electron chi connectivity index (χ2n) is 8.37. The first-order chi connectivity index (χ1) is 10.7. The second kappa shape index (κ2) is 7.84. The van der Waals surface area contributed by atoms with E-state index in [9.17, 15) is 4.79 Å². The zero-order chi connectivity index (χ0) is 17.0. The predicted octanol–water partition coefficient (Wildman–Crippen LogP) is 2.71. The van der Waals surface area contributed by atoms with Gasteiger partial charge in [0.1, 0.15) is 5.60 Å². The number of nitrogens with zero attached hydrogens (tertiary/aromatic N) is 2. The van der Waals surface area contributed by atoms with E-state index in [4.69, 9.17) is 4.74 Å². The summed E-state index contributed by atoms with van der Waals surface area (Å²) in [7, 11) is 2.22. The van der Waals surface area contributed by atoms with E-state index in [1.165, 1.54) is 19.4 Å². The van der Waals surface area contributed by atoms with Gasteiger partial charge in [-0.05, 0) is 79.4 Å². The average Bonchev–Trinajstić information content (AvgIpc) is 2.47. The molecule has 0 spiro atoms. The number of hydrogen-bond acceptors (Lipinski definition) is 4. The Hall–Kier alpha value is -0.810. The van der Waals surface area contributed by atoms with Crippen LogP contribution in [0.1, 0.15) is 53.4 Å². The summed E-state index contributed by atoms with van der Waals surface area (Å²) in [4.78, 5) is 16.4. The zero-order valence-electron chi connectivity index (χ0n) is 15.6. The minimum absolute atomic E-state index is 0.159. The first-order valence-corrected chi connectivity index (χ1v) is 9.16. The number of ether oxygens (including phenoxy) is 1. The monoisotopic (exact) mass is 325 g/mol. The minimum Gasteiger partial charge on any atom is -0.444 e. The van der Waals surface area contributed by atoms with Gasteiger partial charge in [-0.15, -0.1) is 0 Å². The Morgan fingerprint density at radius 3 is 2.39 bits per heavy atom. The van der Waals surface area contributed by atoms with Crippen LogP contribution < -0.4 is 5.32 Å². The van der Waals surface area contributed by atoms with Crippen molar-refractivity contribution in [1.29, 1.82) is 0 Å². The van der Waals surface area contributed by atoms with E-state index >= 15 is 0 Å². The van der Waals surface area contributed by atoms with E-state index in [1.807, 2.05) is 25.7 Å². The quantitative estimate of drug-likeness (QED) is 0.866. The van der Waals surface area contributed by atoms with Crippen LogP contribution in [0.15, 0.2) is 0 Å². The molecular formula is C18H35N3O2. The number of likely N-dealkylation sites (tertiary alicyclic amines) is 2. The number of nitrogens with one attached hydrogen (secondary N) is 1. The Morgan fingerprint density at radius 1 is 1.17 bits per heavy atom. The molecule has 134 valence electrons. The van der Waals surface area contributed by atoms with Crippen molar-refractivity contribution in [2.75, 3.05) is 33.2 Å². The SMILES string of the molecule is CC1CC(NCC2CCN(C(=O)OC(C)(C)C)CC2)CCN1C. The molecule has 2 rings (SSSR count). The summed E-state index contributed by atoms with van der Waals surface area (Å²) in [5, 5.41) is 3.76. The van der Waals surface area contributed by atoms with Crippen molar-refractivity contribution in [2.45, 2.75) is 71.1 Å². The lowest BCUT2D eigenvalue weighted by Gasteiger charge is -2.37. The van der Waals surface area contributed by atoms with Crippen LogP contribution in [0.2, 0.25) is 0 Å². The van der Waals surface area contributed by atoms with Gasteiger partial charge in [0, 0.05) is 25.2 Å². The van der Waals surface area contributed by atoms with Crippen LogP contribution in [0.4, 0.5) is 4.79 Å². The lowest BCUT2D eigenvalue weighted by atomic mass is 9.94. The smallest absolute Gasteiger partial charge is 0.410 e. The average molecular weight is 325 g/mol. The fraction of sp³-hybridized carbons (Fsp3) is 0.944. The van der Waals surface area contributed by atoms with Crippen molar-refractivity contribution >= 4 is 6.09 Å². The van der Waals surface area contributed by atoms with Gasteiger partial charge in [0.2, 0.25) is 0 Å². The Bertz CT molecular complexity index is 386. The van der Waals surface area contributed by atoms with Gasteiger partial charge in [-0.25, -0.2) is 4.79 Å². The summed E-state index contributed by atoms with van der Waals surface area (Å²) >= 11 is 0. The van der Waals surface area contributed by atoms with Crippen molar-refractivity contribution in [1.82, 2.24) is 15.1 Å². The topological polar surface area (TPSA) is 44.8 Å². The van der Waals surface area contributed by atoms with Gasteiger partial charge in [0.15, 0.2) is 0 Å². The molecule has 5 nitrogen and oxygen atoms in total. The molecule has 0 aromatic carbocycles. The van der Waals surface area contributed by atoms with Crippen molar-refractivity contribution in [2.24, 2.45) is 5.92 Å². The highest BCUT2D eigenvalue weighted by Crippen LogP contribution is 2.21. The van der Waals surface area contributed by atoms with E-state index in [0.29, 0.717) is 18.0 Å². The fourth-order valence-electron chi connectivity index (χ4n) is 3.45. The second-order valence-corrected chi connectivity index (χ2v) is 8.37. The molecule has 2 unspecified atom stereocenters. The summed E-state index contributed by atoms with van der Waals surface area (Å²) in [6.45, 7) is 12.0. The van der Waals surface area contributed by atoms with Gasteiger partial charge in [-0.2, -0.15) is 0 Å². The van der Waals surface area contributed by atoms with Gasteiger partial charge in [0.05, 0.1) is 0 Å². The van der Waals surface area contributed by atoms with Crippen LogP contribution in [-0.2, 0) is 4.74 Å². The maximum absolute atomic E-state index is 12.1. The summed E-state index contributed by atoms with van der Waals surface area (Å²) in [5.74, 6) is 0.684. The number of hydrogen-bond donors (Lipinski definition) is 1. The van der Waals surface area contributed by atoms with Crippen LogP contribution >= 0.6 is 0 Å². The number of carbonyl (C=O) groups is 1. The van der Waals surface area contributed by atoms with Crippen molar-refractivity contribution in [3.8, 4) is 0 Å². The van der Waals surface area contributed by atoms with Crippen LogP contribution in [0.5, 0.6) is 0 Å². The van der Waals surface area contributed by atoms with Crippen molar-refractivity contribution < 1.29 is 9.53 Å². The Morgan fingerprint density at radius 2 is 1.83 bits per heavy atom. The fourth-order valence-corrected chi connectivity index (χ4v) is 3.45. The normalized spacial score (nSPS) is 28.0.